The molecule has 0 fully saturated rings. The van der Waals surface area contributed by atoms with Crippen molar-refractivity contribution >= 4 is 67.2 Å². The first-order valence-electron chi connectivity index (χ1n) is 10.1. The molecule has 0 spiro atoms. The molecule has 13 heteroatoms. The Morgan fingerprint density at radius 1 is 1.29 bits per heavy atom. The van der Waals surface area contributed by atoms with Crippen molar-refractivity contribution in [3.63, 3.8) is 0 Å². The Kier molecular flexibility index (Phi) is 8.60. The summed E-state index contributed by atoms with van der Waals surface area (Å²) in [5, 5.41) is 9.29. The fraction of sp³-hybridized carbons (Fsp3) is 0.227. The lowest BCUT2D eigenvalue weighted by molar-refractivity contribution is 0.172. The monoisotopic (exact) mass is 630 g/mol. The zero-order valence-electron chi connectivity index (χ0n) is 18.6. The SMILES string of the molecule is CN(C)C(=O)Oc1cc2oc(=O)c(Cc3cccc(NS(=O)(=O)NCCC#N)c3)c(I)c2cc1Cl. The highest BCUT2D eigenvalue weighted by molar-refractivity contribution is 14.1. The van der Waals surface area contributed by atoms with Crippen molar-refractivity contribution in [3.8, 4) is 11.8 Å². The van der Waals surface area contributed by atoms with Gasteiger partial charge in [0.25, 0.3) is 10.2 Å². The van der Waals surface area contributed by atoms with Crippen molar-refractivity contribution < 1.29 is 22.4 Å². The molecule has 0 aliphatic rings. The van der Waals surface area contributed by atoms with E-state index in [1.54, 1.807) is 30.3 Å². The maximum Gasteiger partial charge on any atom is 0.414 e. The molecule has 1 heterocycles. The molecule has 2 N–H and O–H groups in total. The Morgan fingerprint density at radius 3 is 2.71 bits per heavy atom. The Bertz CT molecular complexity index is 1480. The van der Waals surface area contributed by atoms with E-state index in [4.69, 9.17) is 26.0 Å². The van der Waals surface area contributed by atoms with Crippen LogP contribution in [0.5, 0.6) is 5.75 Å². The van der Waals surface area contributed by atoms with Crippen LogP contribution in [0.3, 0.4) is 0 Å². The number of benzene rings is 2. The number of nitrogens with one attached hydrogen (secondary N) is 2. The largest absolute Gasteiger partial charge is 0.422 e. The fourth-order valence-corrected chi connectivity index (χ4v) is 4.91. The highest BCUT2D eigenvalue weighted by Crippen LogP contribution is 2.33. The van der Waals surface area contributed by atoms with Gasteiger partial charge in [0.2, 0.25) is 0 Å². The van der Waals surface area contributed by atoms with E-state index < -0.39 is 21.9 Å². The number of nitrogens with zero attached hydrogens (tertiary/aromatic N) is 2. The van der Waals surface area contributed by atoms with Crippen molar-refractivity contribution in [1.82, 2.24) is 9.62 Å². The fourth-order valence-electron chi connectivity index (χ4n) is 3.00. The Labute approximate surface area is 220 Å². The first-order chi connectivity index (χ1) is 16.5. The van der Waals surface area contributed by atoms with E-state index >= 15 is 0 Å². The second-order valence-electron chi connectivity index (χ2n) is 7.51. The number of anilines is 1. The second kappa shape index (κ2) is 11.3. The van der Waals surface area contributed by atoms with Gasteiger partial charge in [-0.15, -0.1) is 0 Å². The summed E-state index contributed by atoms with van der Waals surface area (Å²) in [6.07, 6.45) is -0.417. The minimum absolute atomic E-state index is 0.0134. The lowest BCUT2D eigenvalue weighted by Crippen LogP contribution is -2.30. The van der Waals surface area contributed by atoms with Gasteiger partial charge in [0.1, 0.15) is 5.58 Å². The Morgan fingerprint density at radius 2 is 2.03 bits per heavy atom. The molecule has 0 saturated carbocycles. The smallest absolute Gasteiger partial charge is 0.414 e. The number of carbonyl (C=O) groups excluding carboxylic acids is 1. The van der Waals surface area contributed by atoms with Crippen LogP contribution in [-0.2, 0) is 16.6 Å². The molecule has 0 bridgehead atoms. The summed E-state index contributed by atoms with van der Waals surface area (Å²) in [5.41, 5.74) is 0.939. The number of rotatable bonds is 8. The molecular weight excluding hydrogens is 611 g/mol. The van der Waals surface area contributed by atoms with Gasteiger partial charge in [-0.2, -0.15) is 18.4 Å². The number of ether oxygens (including phenoxy) is 1. The molecule has 35 heavy (non-hydrogen) atoms. The van der Waals surface area contributed by atoms with Crippen molar-refractivity contribution in [1.29, 1.82) is 5.26 Å². The van der Waals surface area contributed by atoms with Gasteiger partial charge in [-0.3, -0.25) is 4.72 Å². The predicted octanol–water partition coefficient (Wildman–Crippen LogP) is 3.86. The van der Waals surface area contributed by atoms with Crippen molar-refractivity contribution in [2.75, 3.05) is 25.4 Å². The van der Waals surface area contributed by atoms with Gasteiger partial charge >= 0.3 is 11.7 Å². The third kappa shape index (κ3) is 6.85. The van der Waals surface area contributed by atoms with Crippen LogP contribution in [0.4, 0.5) is 10.5 Å². The number of hydrogen-bond donors (Lipinski definition) is 2. The summed E-state index contributed by atoms with van der Waals surface area (Å²) in [5.74, 6) is 0.0629. The molecule has 0 saturated heterocycles. The van der Waals surface area contributed by atoms with Crippen LogP contribution >= 0.6 is 34.2 Å². The average Bonchev–Trinajstić information content (AvgIpc) is 2.78. The third-order valence-corrected chi connectivity index (χ3v) is 7.25. The number of halogens is 2. The Hall–Kier alpha value is -2.86. The van der Waals surface area contributed by atoms with Gasteiger partial charge in [0.15, 0.2) is 5.75 Å². The van der Waals surface area contributed by atoms with Gasteiger partial charge in [0, 0.05) is 48.5 Å². The summed E-state index contributed by atoms with van der Waals surface area (Å²) in [7, 11) is -0.800. The molecule has 10 nitrogen and oxygen atoms in total. The third-order valence-electron chi connectivity index (χ3n) is 4.64. The van der Waals surface area contributed by atoms with Crippen LogP contribution in [0.1, 0.15) is 17.5 Å². The van der Waals surface area contributed by atoms with E-state index in [1.807, 2.05) is 28.7 Å². The average molecular weight is 631 g/mol. The summed E-state index contributed by atoms with van der Waals surface area (Å²) >= 11 is 8.32. The number of carbonyl (C=O) groups is 1. The zero-order chi connectivity index (χ0) is 25.8. The van der Waals surface area contributed by atoms with Gasteiger partial charge in [-0.1, -0.05) is 23.7 Å². The molecule has 3 aromatic rings. The minimum atomic E-state index is -3.85. The van der Waals surface area contributed by atoms with Crippen LogP contribution in [0.2, 0.25) is 5.02 Å². The predicted molar refractivity (Wildman–Crippen MR) is 140 cm³/mol. The van der Waals surface area contributed by atoms with Crippen molar-refractivity contribution in [2.45, 2.75) is 12.8 Å². The van der Waals surface area contributed by atoms with Gasteiger partial charge in [-0.05, 0) is 46.4 Å². The van der Waals surface area contributed by atoms with E-state index in [0.29, 0.717) is 25.8 Å². The van der Waals surface area contributed by atoms with Gasteiger partial charge in [-0.25, -0.2) is 9.59 Å². The van der Waals surface area contributed by atoms with Crippen LogP contribution in [0, 0.1) is 14.9 Å². The minimum Gasteiger partial charge on any atom is -0.422 e. The number of amides is 1. The lowest BCUT2D eigenvalue weighted by Gasteiger charge is -2.13. The number of fused-ring (bicyclic) bond motifs is 1. The summed E-state index contributed by atoms with van der Waals surface area (Å²) in [6, 6.07) is 11.4. The van der Waals surface area contributed by atoms with E-state index in [9.17, 15) is 18.0 Å². The molecule has 0 atom stereocenters. The first-order valence-corrected chi connectivity index (χ1v) is 13.0. The normalized spacial score (nSPS) is 11.2. The van der Waals surface area contributed by atoms with E-state index in [1.165, 1.54) is 25.1 Å². The number of nitriles is 1. The van der Waals surface area contributed by atoms with Gasteiger partial charge < -0.3 is 14.1 Å². The zero-order valence-corrected chi connectivity index (χ0v) is 22.3. The van der Waals surface area contributed by atoms with Crippen LogP contribution < -0.4 is 19.8 Å². The van der Waals surface area contributed by atoms with Gasteiger partial charge in [0.05, 0.1) is 22.3 Å². The van der Waals surface area contributed by atoms with Crippen molar-refractivity contribution in [2.24, 2.45) is 0 Å². The lowest BCUT2D eigenvalue weighted by atomic mass is 10.0. The quantitative estimate of drug-likeness (QED) is 0.219. The van der Waals surface area contributed by atoms with Crippen LogP contribution in [-0.4, -0.2) is 40.1 Å². The molecule has 0 radical (unpaired) electrons. The maximum atomic E-state index is 12.8. The van der Waals surface area contributed by atoms with E-state index in [-0.39, 0.29) is 35.7 Å². The topological polar surface area (TPSA) is 142 Å². The highest BCUT2D eigenvalue weighted by Gasteiger charge is 2.18. The number of hydrogen-bond acceptors (Lipinski definition) is 7. The maximum absolute atomic E-state index is 12.8. The molecule has 0 aliphatic carbocycles. The van der Waals surface area contributed by atoms with Crippen LogP contribution in [0.15, 0.2) is 45.6 Å². The van der Waals surface area contributed by atoms with E-state index in [0.717, 1.165) is 0 Å². The highest BCUT2D eigenvalue weighted by atomic mass is 127. The van der Waals surface area contributed by atoms with E-state index in [2.05, 4.69) is 9.44 Å². The molecule has 0 aliphatic heterocycles. The first kappa shape index (κ1) is 26.7. The summed E-state index contributed by atoms with van der Waals surface area (Å²) in [4.78, 5) is 25.9. The molecule has 184 valence electrons. The second-order valence-corrected chi connectivity index (χ2v) is 10.5. The molecule has 3 rings (SSSR count). The Balaban J connectivity index is 1.90. The molecule has 0 unspecified atom stereocenters. The molecule has 1 amide bonds. The summed E-state index contributed by atoms with van der Waals surface area (Å²) < 4.78 is 40.2. The van der Waals surface area contributed by atoms with Crippen LogP contribution in [0.25, 0.3) is 11.0 Å². The van der Waals surface area contributed by atoms with Crippen molar-refractivity contribution in [3.05, 3.63) is 66.5 Å². The molecule has 2 aromatic carbocycles. The molecular formula is C22H20ClIN4O6S. The standard InChI is InChI=1S/C22H20ClIN4O6S/c1-28(2)22(30)34-19-12-18-15(11-17(19)23)20(24)16(21(29)33-18)10-13-5-3-6-14(9-13)27-35(31,32)26-8-4-7-25/h3,5-6,9,11-12,26-27H,4,8,10H2,1-2H3. The molecule has 1 aromatic heterocycles. The summed E-state index contributed by atoms with van der Waals surface area (Å²) in [6.45, 7) is -0.0134.